The molecule has 5 heteroatoms. The summed E-state index contributed by atoms with van der Waals surface area (Å²) in [4.78, 5) is 6.75. The highest BCUT2D eigenvalue weighted by molar-refractivity contribution is 5.60. The average molecular weight is 333 g/mol. The molecule has 0 aliphatic carbocycles. The monoisotopic (exact) mass is 333 g/mol. The topological polar surface area (TPSA) is 53.9 Å². The fraction of sp³-hybridized carbons (Fsp3) is 0.250. The van der Waals surface area contributed by atoms with Crippen molar-refractivity contribution in [2.75, 3.05) is 16.8 Å². The van der Waals surface area contributed by atoms with Crippen LogP contribution in [-0.2, 0) is 6.54 Å². The van der Waals surface area contributed by atoms with E-state index in [1.54, 1.807) is 6.20 Å². The van der Waals surface area contributed by atoms with Gasteiger partial charge in [0.2, 0.25) is 5.95 Å². The molecule has 0 saturated heterocycles. The number of rotatable bonds is 6. The Labute approximate surface area is 148 Å². The Morgan fingerprint density at radius 2 is 1.76 bits per heavy atom. The molecule has 25 heavy (non-hydrogen) atoms. The first kappa shape index (κ1) is 16.9. The van der Waals surface area contributed by atoms with Crippen LogP contribution in [0, 0.1) is 13.8 Å². The highest BCUT2D eigenvalue weighted by Crippen LogP contribution is 2.24. The van der Waals surface area contributed by atoms with E-state index >= 15 is 0 Å². The third-order valence-electron chi connectivity index (χ3n) is 3.99. The zero-order valence-electron chi connectivity index (χ0n) is 14.9. The second kappa shape index (κ2) is 7.75. The van der Waals surface area contributed by atoms with Crippen LogP contribution in [0.2, 0.25) is 0 Å². The first-order chi connectivity index (χ1) is 12.2. The summed E-state index contributed by atoms with van der Waals surface area (Å²) in [6.45, 7) is 7.75. The van der Waals surface area contributed by atoms with Crippen LogP contribution in [0.4, 0.5) is 17.5 Å². The number of anilines is 3. The summed E-state index contributed by atoms with van der Waals surface area (Å²) in [7, 11) is 0. The highest BCUT2D eigenvalue weighted by Gasteiger charge is 2.11. The zero-order chi connectivity index (χ0) is 17.6. The Hall–Kier alpha value is -2.95. The standard InChI is InChI=1S/C20H23N5/c1-4-25(18-10-6-8-16(3)12-18)19-14-22-24-20(23-19)21-13-17-9-5-7-15(2)11-17/h5-12,14H,4,13H2,1-3H3,(H,21,23,24). The lowest BCUT2D eigenvalue weighted by Crippen LogP contribution is -2.19. The molecule has 2 aromatic carbocycles. The molecule has 1 heterocycles. The van der Waals surface area contributed by atoms with Crippen molar-refractivity contribution in [3.05, 3.63) is 71.4 Å². The molecule has 1 N–H and O–H groups in total. The SMILES string of the molecule is CCN(c1cccc(C)c1)c1cnnc(NCc2cccc(C)c2)n1. The van der Waals surface area contributed by atoms with Gasteiger partial charge in [0.1, 0.15) is 0 Å². The third kappa shape index (κ3) is 4.32. The summed E-state index contributed by atoms with van der Waals surface area (Å²) in [6.07, 6.45) is 1.70. The summed E-state index contributed by atoms with van der Waals surface area (Å²) in [6, 6.07) is 16.7. The normalized spacial score (nSPS) is 10.5. The molecule has 0 atom stereocenters. The zero-order valence-corrected chi connectivity index (χ0v) is 14.9. The fourth-order valence-corrected chi connectivity index (χ4v) is 2.78. The molecule has 0 bridgehead atoms. The van der Waals surface area contributed by atoms with Crippen LogP contribution in [0.1, 0.15) is 23.6 Å². The molecular formula is C20H23N5. The Morgan fingerprint density at radius 1 is 1.00 bits per heavy atom. The summed E-state index contributed by atoms with van der Waals surface area (Å²) in [5.41, 5.74) is 4.76. The minimum Gasteiger partial charge on any atom is -0.349 e. The van der Waals surface area contributed by atoms with Gasteiger partial charge in [0.25, 0.3) is 0 Å². The van der Waals surface area contributed by atoms with E-state index in [0.717, 1.165) is 18.1 Å². The molecule has 1 aromatic heterocycles. The lowest BCUT2D eigenvalue weighted by Gasteiger charge is -2.22. The molecule has 128 valence electrons. The number of aryl methyl sites for hydroxylation is 2. The van der Waals surface area contributed by atoms with Gasteiger partial charge in [-0.25, -0.2) is 0 Å². The van der Waals surface area contributed by atoms with E-state index in [4.69, 9.17) is 0 Å². The van der Waals surface area contributed by atoms with Gasteiger partial charge in [-0.05, 0) is 44.0 Å². The number of benzene rings is 2. The van der Waals surface area contributed by atoms with Crippen LogP contribution in [-0.4, -0.2) is 21.7 Å². The summed E-state index contributed by atoms with van der Waals surface area (Å²) >= 11 is 0. The number of hydrogen-bond acceptors (Lipinski definition) is 5. The van der Waals surface area contributed by atoms with Crippen LogP contribution in [0.15, 0.2) is 54.7 Å². The molecule has 0 aliphatic heterocycles. The van der Waals surface area contributed by atoms with Crippen LogP contribution < -0.4 is 10.2 Å². The van der Waals surface area contributed by atoms with Crippen molar-refractivity contribution < 1.29 is 0 Å². The second-order valence-electron chi connectivity index (χ2n) is 6.06. The Morgan fingerprint density at radius 3 is 2.48 bits per heavy atom. The molecule has 3 rings (SSSR count). The summed E-state index contributed by atoms with van der Waals surface area (Å²) in [5.74, 6) is 1.32. The predicted molar refractivity (Wildman–Crippen MR) is 102 cm³/mol. The summed E-state index contributed by atoms with van der Waals surface area (Å²) < 4.78 is 0. The molecule has 0 fully saturated rings. The average Bonchev–Trinajstić information content (AvgIpc) is 2.61. The molecular weight excluding hydrogens is 310 g/mol. The van der Waals surface area contributed by atoms with Crippen LogP contribution in [0.25, 0.3) is 0 Å². The van der Waals surface area contributed by atoms with Crippen molar-refractivity contribution >= 4 is 17.5 Å². The minimum absolute atomic E-state index is 0.533. The first-order valence-corrected chi connectivity index (χ1v) is 8.49. The Bertz CT molecular complexity index is 847. The van der Waals surface area contributed by atoms with Gasteiger partial charge in [-0.15, -0.1) is 5.10 Å². The van der Waals surface area contributed by atoms with Gasteiger partial charge in [0.15, 0.2) is 5.82 Å². The van der Waals surface area contributed by atoms with E-state index in [1.165, 1.54) is 16.7 Å². The van der Waals surface area contributed by atoms with E-state index < -0.39 is 0 Å². The van der Waals surface area contributed by atoms with Gasteiger partial charge in [-0.2, -0.15) is 10.1 Å². The molecule has 0 saturated carbocycles. The molecule has 5 nitrogen and oxygen atoms in total. The highest BCUT2D eigenvalue weighted by atomic mass is 15.3. The van der Waals surface area contributed by atoms with Gasteiger partial charge in [0, 0.05) is 18.8 Å². The van der Waals surface area contributed by atoms with E-state index in [0.29, 0.717) is 12.5 Å². The molecule has 0 aliphatic rings. The van der Waals surface area contributed by atoms with Crippen molar-refractivity contribution in [2.24, 2.45) is 0 Å². The molecule has 3 aromatic rings. The molecule has 0 radical (unpaired) electrons. The Balaban J connectivity index is 1.78. The van der Waals surface area contributed by atoms with Crippen LogP contribution in [0.5, 0.6) is 0 Å². The minimum atomic E-state index is 0.533. The van der Waals surface area contributed by atoms with E-state index in [9.17, 15) is 0 Å². The number of nitrogens with one attached hydrogen (secondary N) is 1. The number of hydrogen-bond donors (Lipinski definition) is 1. The number of aromatic nitrogens is 3. The van der Waals surface area contributed by atoms with Crippen molar-refractivity contribution in [3.8, 4) is 0 Å². The third-order valence-corrected chi connectivity index (χ3v) is 3.99. The molecule has 0 amide bonds. The lowest BCUT2D eigenvalue weighted by molar-refractivity contribution is 0.904. The van der Waals surface area contributed by atoms with Crippen molar-refractivity contribution in [1.82, 2.24) is 15.2 Å². The van der Waals surface area contributed by atoms with Crippen molar-refractivity contribution in [1.29, 1.82) is 0 Å². The first-order valence-electron chi connectivity index (χ1n) is 8.49. The lowest BCUT2D eigenvalue weighted by atomic mass is 10.1. The Kier molecular flexibility index (Phi) is 5.23. The maximum atomic E-state index is 4.63. The predicted octanol–water partition coefficient (Wildman–Crippen LogP) is 4.26. The smallest absolute Gasteiger partial charge is 0.244 e. The molecule has 0 spiro atoms. The van der Waals surface area contributed by atoms with Crippen molar-refractivity contribution in [3.63, 3.8) is 0 Å². The molecule has 0 unspecified atom stereocenters. The van der Waals surface area contributed by atoms with Crippen molar-refractivity contribution in [2.45, 2.75) is 27.3 Å². The van der Waals surface area contributed by atoms with E-state index in [2.05, 4.69) is 94.7 Å². The van der Waals surface area contributed by atoms with Gasteiger partial charge < -0.3 is 10.2 Å². The fourth-order valence-electron chi connectivity index (χ4n) is 2.78. The van der Waals surface area contributed by atoms with Gasteiger partial charge >= 0.3 is 0 Å². The van der Waals surface area contributed by atoms with Crippen LogP contribution in [0.3, 0.4) is 0 Å². The van der Waals surface area contributed by atoms with Crippen LogP contribution >= 0.6 is 0 Å². The maximum Gasteiger partial charge on any atom is 0.244 e. The van der Waals surface area contributed by atoms with Gasteiger partial charge in [0.05, 0.1) is 6.20 Å². The van der Waals surface area contributed by atoms with Gasteiger partial charge in [-0.3, -0.25) is 0 Å². The second-order valence-corrected chi connectivity index (χ2v) is 6.06. The quantitative estimate of drug-likeness (QED) is 0.730. The van der Waals surface area contributed by atoms with Gasteiger partial charge in [-0.1, -0.05) is 42.0 Å². The summed E-state index contributed by atoms with van der Waals surface area (Å²) in [5, 5.41) is 11.5. The van der Waals surface area contributed by atoms with E-state index in [1.807, 2.05) is 0 Å². The number of nitrogens with zero attached hydrogens (tertiary/aromatic N) is 4. The maximum absolute atomic E-state index is 4.63. The van der Waals surface area contributed by atoms with E-state index in [-0.39, 0.29) is 0 Å². The largest absolute Gasteiger partial charge is 0.349 e.